The van der Waals surface area contributed by atoms with E-state index >= 15 is 0 Å². The van der Waals surface area contributed by atoms with E-state index in [-0.39, 0.29) is 18.7 Å². The normalized spacial score (nSPS) is 20.1. The van der Waals surface area contributed by atoms with Gasteiger partial charge in [-0.15, -0.1) is 0 Å². The molecule has 0 aromatic heterocycles. The first-order valence-electron chi connectivity index (χ1n) is 6.05. The van der Waals surface area contributed by atoms with Crippen molar-refractivity contribution in [3.05, 3.63) is 30.3 Å². The van der Waals surface area contributed by atoms with E-state index in [0.717, 1.165) is 31.5 Å². The molecule has 0 unspecified atom stereocenters. The Labute approximate surface area is 101 Å². The van der Waals surface area contributed by atoms with Crippen LogP contribution in [0.4, 0.5) is 10.5 Å². The molecule has 1 aliphatic rings. The van der Waals surface area contributed by atoms with Crippen LogP contribution in [0.5, 0.6) is 0 Å². The standard InChI is InChI=1S/C13H18N2O2/c16-10-12-8-4-5-9-15(12)13(17)14-11-6-2-1-3-7-11/h1-3,6-7,12,16H,4-5,8-10H2,(H,14,17)/t12-/m0/s1. The number of hydrogen-bond donors (Lipinski definition) is 2. The van der Waals surface area contributed by atoms with Gasteiger partial charge in [0.1, 0.15) is 0 Å². The molecule has 2 rings (SSSR count). The highest BCUT2D eigenvalue weighted by molar-refractivity contribution is 5.89. The second-order valence-electron chi connectivity index (χ2n) is 4.32. The number of hydrogen-bond acceptors (Lipinski definition) is 2. The SMILES string of the molecule is O=C(Nc1ccccc1)N1CCCC[C@H]1CO. The van der Waals surface area contributed by atoms with Crippen LogP contribution < -0.4 is 5.32 Å². The van der Waals surface area contributed by atoms with E-state index in [2.05, 4.69) is 5.32 Å². The lowest BCUT2D eigenvalue weighted by Gasteiger charge is -2.34. The minimum atomic E-state index is -0.116. The molecule has 0 bridgehead atoms. The van der Waals surface area contributed by atoms with Crippen LogP contribution in [-0.4, -0.2) is 35.2 Å². The number of anilines is 1. The number of amides is 2. The third-order valence-electron chi connectivity index (χ3n) is 3.12. The van der Waals surface area contributed by atoms with E-state index in [9.17, 15) is 9.90 Å². The zero-order valence-corrected chi connectivity index (χ0v) is 9.80. The topological polar surface area (TPSA) is 52.6 Å². The van der Waals surface area contributed by atoms with Gasteiger partial charge in [0.15, 0.2) is 0 Å². The quantitative estimate of drug-likeness (QED) is 0.823. The van der Waals surface area contributed by atoms with Crippen LogP contribution in [0.3, 0.4) is 0 Å². The number of carbonyl (C=O) groups excluding carboxylic acids is 1. The Hall–Kier alpha value is -1.55. The van der Waals surface area contributed by atoms with Crippen LogP contribution in [0, 0.1) is 0 Å². The van der Waals surface area contributed by atoms with Gasteiger partial charge in [-0.05, 0) is 31.4 Å². The first-order valence-corrected chi connectivity index (χ1v) is 6.05. The average molecular weight is 234 g/mol. The van der Waals surface area contributed by atoms with Gasteiger partial charge >= 0.3 is 6.03 Å². The molecule has 1 fully saturated rings. The maximum atomic E-state index is 12.0. The molecule has 1 heterocycles. The van der Waals surface area contributed by atoms with Crippen LogP contribution in [0.25, 0.3) is 0 Å². The second kappa shape index (κ2) is 5.68. The summed E-state index contributed by atoms with van der Waals surface area (Å²) in [5, 5.41) is 12.1. The highest BCUT2D eigenvalue weighted by Crippen LogP contribution is 2.18. The molecular formula is C13H18N2O2. The number of aliphatic hydroxyl groups excluding tert-OH is 1. The smallest absolute Gasteiger partial charge is 0.322 e. The van der Waals surface area contributed by atoms with Crippen molar-refractivity contribution in [2.45, 2.75) is 25.3 Å². The largest absolute Gasteiger partial charge is 0.394 e. The number of urea groups is 1. The van der Waals surface area contributed by atoms with Crippen LogP contribution in [0.1, 0.15) is 19.3 Å². The molecule has 1 aromatic carbocycles. The number of piperidine rings is 1. The molecule has 2 N–H and O–H groups in total. The van der Waals surface area contributed by atoms with Crippen LogP contribution in [0.15, 0.2) is 30.3 Å². The third kappa shape index (κ3) is 2.97. The van der Waals surface area contributed by atoms with Gasteiger partial charge < -0.3 is 15.3 Å². The van der Waals surface area contributed by atoms with E-state index in [0.29, 0.717) is 0 Å². The summed E-state index contributed by atoms with van der Waals surface area (Å²) >= 11 is 0. The molecule has 17 heavy (non-hydrogen) atoms. The molecule has 1 aromatic rings. The Morgan fingerprint density at radius 3 is 2.82 bits per heavy atom. The van der Waals surface area contributed by atoms with E-state index in [4.69, 9.17) is 0 Å². The summed E-state index contributed by atoms with van der Waals surface area (Å²) in [5.41, 5.74) is 0.791. The fourth-order valence-electron chi connectivity index (χ4n) is 2.17. The molecule has 0 aliphatic carbocycles. The van der Waals surface area contributed by atoms with Crippen molar-refractivity contribution in [1.29, 1.82) is 0 Å². The lowest BCUT2D eigenvalue weighted by molar-refractivity contribution is 0.115. The van der Waals surface area contributed by atoms with E-state index in [1.54, 1.807) is 4.90 Å². The van der Waals surface area contributed by atoms with Crippen molar-refractivity contribution in [2.75, 3.05) is 18.5 Å². The molecule has 0 saturated carbocycles. The number of rotatable bonds is 2. The highest BCUT2D eigenvalue weighted by atomic mass is 16.3. The van der Waals surface area contributed by atoms with Gasteiger partial charge in [-0.25, -0.2) is 4.79 Å². The first kappa shape index (κ1) is 11.9. The summed E-state index contributed by atoms with van der Waals surface area (Å²) in [6.45, 7) is 0.770. The van der Waals surface area contributed by atoms with Gasteiger partial charge in [-0.1, -0.05) is 18.2 Å². The third-order valence-corrected chi connectivity index (χ3v) is 3.12. The molecule has 1 atom stereocenters. The van der Waals surface area contributed by atoms with E-state index in [1.165, 1.54) is 0 Å². The Morgan fingerprint density at radius 1 is 1.35 bits per heavy atom. The van der Waals surface area contributed by atoms with Crippen molar-refractivity contribution in [3.63, 3.8) is 0 Å². The van der Waals surface area contributed by atoms with Gasteiger partial charge in [0, 0.05) is 12.2 Å². The van der Waals surface area contributed by atoms with E-state index in [1.807, 2.05) is 30.3 Å². The fraction of sp³-hybridized carbons (Fsp3) is 0.462. The lowest BCUT2D eigenvalue weighted by Crippen LogP contribution is -2.47. The molecule has 0 radical (unpaired) electrons. The number of para-hydroxylation sites is 1. The van der Waals surface area contributed by atoms with Crippen LogP contribution in [-0.2, 0) is 0 Å². The number of carbonyl (C=O) groups is 1. The van der Waals surface area contributed by atoms with E-state index < -0.39 is 0 Å². The van der Waals surface area contributed by atoms with Gasteiger partial charge in [0.2, 0.25) is 0 Å². The molecule has 1 saturated heterocycles. The van der Waals surface area contributed by atoms with Gasteiger partial charge in [-0.3, -0.25) is 0 Å². The van der Waals surface area contributed by atoms with Gasteiger partial charge in [0.25, 0.3) is 0 Å². The van der Waals surface area contributed by atoms with Gasteiger partial charge in [-0.2, -0.15) is 0 Å². The second-order valence-corrected chi connectivity index (χ2v) is 4.32. The van der Waals surface area contributed by atoms with Crippen LogP contribution in [0.2, 0.25) is 0 Å². The predicted octanol–water partition coefficient (Wildman–Crippen LogP) is 2.07. The Morgan fingerprint density at radius 2 is 2.12 bits per heavy atom. The lowest BCUT2D eigenvalue weighted by atomic mass is 10.0. The maximum absolute atomic E-state index is 12.0. The average Bonchev–Trinajstić information content (AvgIpc) is 2.40. The maximum Gasteiger partial charge on any atom is 0.322 e. The predicted molar refractivity (Wildman–Crippen MR) is 66.9 cm³/mol. The van der Waals surface area contributed by atoms with Crippen molar-refractivity contribution < 1.29 is 9.90 Å². The molecular weight excluding hydrogens is 216 g/mol. The van der Waals surface area contributed by atoms with Crippen molar-refractivity contribution >= 4 is 11.7 Å². The number of benzene rings is 1. The fourth-order valence-corrected chi connectivity index (χ4v) is 2.17. The van der Waals surface area contributed by atoms with Crippen molar-refractivity contribution in [1.82, 2.24) is 4.90 Å². The Bertz CT molecular complexity index is 367. The summed E-state index contributed by atoms with van der Waals surface area (Å²) in [4.78, 5) is 13.8. The zero-order chi connectivity index (χ0) is 12.1. The molecule has 1 aliphatic heterocycles. The monoisotopic (exact) mass is 234 g/mol. The summed E-state index contributed by atoms with van der Waals surface area (Å²) in [5.74, 6) is 0. The summed E-state index contributed by atoms with van der Waals surface area (Å²) < 4.78 is 0. The molecule has 92 valence electrons. The number of aliphatic hydroxyl groups is 1. The molecule has 2 amide bonds. The molecule has 0 spiro atoms. The molecule has 4 heteroatoms. The number of nitrogens with zero attached hydrogens (tertiary/aromatic N) is 1. The number of nitrogens with one attached hydrogen (secondary N) is 1. The Balaban J connectivity index is 1.99. The first-order chi connectivity index (χ1) is 8.31. The van der Waals surface area contributed by atoms with Crippen molar-refractivity contribution in [3.8, 4) is 0 Å². The molecule has 4 nitrogen and oxygen atoms in total. The highest BCUT2D eigenvalue weighted by Gasteiger charge is 2.25. The summed E-state index contributed by atoms with van der Waals surface area (Å²) in [7, 11) is 0. The minimum Gasteiger partial charge on any atom is -0.394 e. The Kier molecular flexibility index (Phi) is 3.98. The van der Waals surface area contributed by atoms with Gasteiger partial charge in [0.05, 0.1) is 12.6 Å². The zero-order valence-electron chi connectivity index (χ0n) is 9.80. The summed E-state index contributed by atoms with van der Waals surface area (Å²) in [6, 6.07) is 9.24. The number of likely N-dealkylation sites (tertiary alicyclic amines) is 1. The summed E-state index contributed by atoms with van der Waals surface area (Å²) in [6.07, 6.45) is 2.98. The van der Waals surface area contributed by atoms with Crippen LogP contribution >= 0.6 is 0 Å². The van der Waals surface area contributed by atoms with Crippen molar-refractivity contribution in [2.24, 2.45) is 0 Å². The minimum absolute atomic E-state index is 0.0348.